The Bertz CT molecular complexity index is 339. The number of hydrogen-bond acceptors (Lipinski definition) is 4. The number of likely N-dealkylation sites (N-methyl/N-ethyl adjacent to an activating group) is 1. The van der Waals surface area contributed by atoms with Crippen molar-refractivity contribution in [3.8, 4) is 0 Å². The Morgan fingerprint density at radius 1 is 1.33 bits per heavy atom. The summed E-state index contributed by atoms with van der Waals surface area (Å²) < 4.78 is 11.6. The molecular formula is C16H32N2O3. The maximum Gasteiger partial charge on any atom is 0.410 e. The van der Waals surface area contributed by atoms with Gasteiger partial charge in [-0.05, 0) is 54.1 Å². The van der Waals surface area contributed by atoms with Crippen LogP contribution in [0.3, 0.4) is 0 Å². The highest BCUT2D eigenvalue weighted by Crippen LogP contribution is 2.29. The van der Waals surface area contributed by atoms with E-state index in [0.717, 1.165) is 32.4 Å². The van der Waals surface area contributed by atoms with Crippen molar-refractivity contribution in [3.05, 3.63) is 0 Å². The number of hydrogen-bond donors (Lipinski definition) is 0. The second-order valence-electron chi connectivity index (χ2n) is 7.19. The summed E-state index contributed by atoms with van der Waals surface area (Å²) in [7, 11) is 4.08. The molecule has 0 spiro atoms. The predicted molar refractivity (Wildman–Crippen MR) is 84.6 cm³/mol. The molecule has 1 rings (SSSR count). The fraction of sp³-hybridized carbons (Fsp3) is 0.938. The average molecular weight is 300 g/mol. The van der Waals surface area contributed by atoms with E-state index in [2.05, 4.69) is 11.8 Å². The lowest BCUT2D eigenvalue weighted by molar-refractivity contribution is -0.0954. The zero-order valence-electron chi connectivity index (χ0n) is 14.6. The summed E-state index contributed by atoms with van der Waals surface area (Å²) in [6, 6.07) is 0. The van der Waals surface area contributed by atoms with Gasteiger partial charge in [-0.25, -0.2) is 4.79 Å². The molecule has 0 saturated carbocycles. The van der Waals surface area contributed by atoms with Crippen LogP contribution < -0.4 is 0 Å². The Hall–Kier alpha value is -0.810. The van der Waals surface area contributed by atoms with Gasteiger partial charge in [-0.2, -0.15) is 0 Å². The number of nitrogens with zero attached hydrogens (tertiary/aromatic N) is 2. The van der Waals surface area contributed by atoms with Crippen LogP contribution in [0.25, 0.3) is 0 Å². The third kappa shape index (κ3) is 6.22. The number of amides is 1. The summed E-state index contributed by atoms with van der Waals surface area (Å²) >= 11 is 0. The van der Waals surface area contributed by atoms with Crippen LogP contribution in [-0.4, -0.2) is 67.4 Å². The van der Waals surface area contributed by atoms with E-state index >= 15 is 0 Å². The molecule has 1 aliphatic rings. The fourth-order valence-corrected chi connectivity index (χ4v) is 2.53. The SMILES string of the molecule is CCC1(OCCN(C)C)CCCN(C(=O)OC(C)(C)C)C1. The van der Waals surface area contributed by atoms with Gasteiger partial charge in [0.2, 0.25) is 0 Å². The Morgan fingerprint density at radius 3 is 2.52 bits per heavy atom. The van der Waals surface area contributed by atoms with Gasteiger partial charge in [0, 0.05) is 13.1 Å². The van der Waals surface area contributed by atoms with Crippen LogP contribution in [0.2, 0.25) is 0 Å². The summed E-state index contributed by atoms with van der Waals surface area (Å²) in [6.45, 7) is 10.8. The Morgan fingerprint density at radius 2 is 2.00 bits per heavy atom. The molecule has 5 heteroatoms. The van der Waals surface area contributed by atoms with Crippen molar-refractivity contribution in [2.24, 2.45) is 0 Å². The Labute approximate surface area is 129 Å². The second-order valence-corrected chi connectivity index (χ2v) is 7.19. The van der Waals surface area contributed by atoms with Crippen molar-refractivity contribution in [1.82, 2.24) is 9.80 Å². The third-order valence-corrected chi connectivity index (χ3v) is 3.78. The van der Waals surface area contributed by atoms with Crippen LogP contribution in [0.15, 0.2) is 0 Å². The lowest BCUT2D eigenvalue weighted by Crippen LogP contribution is -2.53. The average Bonchev–Trinajstić information content (AvgIpc) is 2.36. The normalized spacial score (nSPS) is 23.5. The van der Waals surface area contributed by atoms with Gasteiger partial charge < -0.3 is 19.3 Å². The number of piperidine rings is 1. The van der Waals surface area contributed by atoms with E-state index in [1.807, 2.05) is 34.9 Å². The molecule has 5 nitrogen and oxygen atoms in total. The highest BCUT2D eigenvalue weighted by Gasteiger charge is 2.38. The predicted octanol–water partition coefficient (Wildman–Crippen LogP) is 2.74. The summed E-state index contributed by atoms with van der Waals surface area (Å²) in [4.78, 5) is 16.1. The highest BCUT2D eigenvalue weighted by molar-refractivity contribution is 5.68. The zero-order valence-corrected chi connectivity index (χ0v) is 14.6. The first-order chi connectivity index (χ1) is 9.67. The van der Waals surface area contributed by atoms with Crippen LogP contribution in [-0.2, 0) is 9.47 Å². The second kappa shape index (κ2) is 7.45. The molecule has 0 bridgehead atoms. The minimum atomic E-state index is -0.449. The van der Waals surface area contributed by atoms with E-state index in [9.17, 15) is 4.79 Å². The summed E-state index contributed by atoms with van der Waals surface area (Å²) in [5.41, 5.74) is -0.666. The van der Waals surface area contributed by atoms with Gasteiger partial charge in [-0.3, -0.25) is 0 Å². The molecule has 21 heavy (non-hydrogen) atoms. The summed E-state index contributed by atoms with van der Waals surface area (Å²) in [5.74, 6) is 0. The quantitative estimate of drug-likeness (QED) is 0.783. The van der Waals surface area contributed by atoms with Crippen molar-refractivity contribution in [2.75, 3.05) is 40.3 Å². The smallest absolute Gasteiger partial charge is 0.410 e. The van der Waals surface area contributed by atoms with Crippen molar-refractivity contribution in [2.45, 2.75) is 58.2 Å². The molecule has 0 aromatic rings. The molecular weight excluding hydrogens is 268 g/mol. The summed E-state index contributed by atoms with van der Waals surface area (Å²) in [6.07, 6.45) is 2.67. The lowest BCUT2D eigenvalue weighted by atomic mass is 9.90. The first-order valence-corrected chi connectivity index (χ1v) is 7.94. The van der Waals surface area contributed by atoms with Crippen LogP contribution in [0.4, 0.5) is 4.79 Å². The maximum atomic E-state index is 12.2. The molecule has 1 heterocycles. The van der Waals surface area contributed by atoms with Gasteiger partial charge in [0.15, 0.2) is 0 Å². The van der Waals surface area contributed by atoms with Gasteiger partial charge >= 0.3 is 6.09 Å². The number of ether oxygens (including phenoxy) is 2. The molecule has 1 unspecified atom stereocenters. The first-order valence-electron chi connectivity index (χ1n) is 7.94. The topological polar surface area (TPSA) is 42.0 Å². The highest BCUT2D eigenvalue weighted by atomic mass is 16.6. The summed E-state index contributed by atoms with van der Waals surface area (Å²) in [5, 5.41) is 0. The molecule has 0 aliphatic carbocycles. The van der Waals surface area contributed by atoms with Gasteiger partial charge in [-0.15, -0.1) is 0 Å². The standard InChI is InChI=1S/C16H32N2O3/c1-7-16(20-12-11-17(5)6)9-8-10-18(13-16)14(19)21-15(2,3)4/h7-13H2,1-6H3. The van der Waals surface area contributed by atoms with Gasteiger partial charge in [0.1, 0.15) is 5.60 Å². The van der Waals surface area contributed by atoms with E-state index in [0.29, 0.717) is 13.2 Å². The molecule has 0 aromatic carbocycles. The third-order valence-electron chi connectivity index (χ3n) is 3.78. The first kappa shape index (κ1) is 18.2. The van der Waals surface area contributed by atoms with Crippen LogP contribution >= 0.6 is 0 Å². The van der Waals surface area contributed by atoms with E-state index in [1.165, 1.54) is 0 Å². The zero-order chi connectivity index (χ0) is 16.1. The fourth-order valence-electron chi connectivity index (χ4n) is 2.53. The number of likely N-dealkylation sites (tertiary alicyclic amines) is 1. The molecule has 124 valence electrons. The number of carbonyl (C=O) groups is 1. The van der Waals surface area contributed by atoms with E-state index in [4.69, 9.17) is 9.47 Å². The molecule has 1 aliphatic heterocycles. The van der Waals surface area contributed by atoms with Gasteiger partial charge in [0.05, 0.1) is 18.8 Å². The molecule has 0 radical (unpaired) electrons. The van der Waals surface area contributed by atoms with Gasteiger partial charge in [0.25, 0.3) is 0 Å². The minimum absolute atomic E-state index is 0.217. The largest absolute Gasteiger partial charge is 0.444 e. The van der Waals surface area contributed by atoms with Crippen molar-refractivity contribution in [3.63, 3.8) is 0 Å². The monoisotopic (exact) mass is 300 g/mol. The van der Waals surface area contributed by atoms with Crippen LogP contribution in [0.5, 0.6) is 0 Å². The van der Waals surface area contributed by atoms with Gasteiger partial charge in [-0.1, -0.05) is 6.92 Å². The maximum absolute atomic E-state index is 12.2. The Balaban J connectivity index is 2.60. The van der Waals surface area contributed by atoms with Crippen molar-refractivity contribution < 1.29 is 14.3 Å². The van der Waals surface area contributed by atoms with Crippen LogP contribution in [0, 0.1) is 0 Å². The van der Waals surface area contributed by atoms with Crippen molar-refractivity contribution in [1.29, 1.82) is 0 Å². The number of carbonyl (C=O) groups excluding carboxylic acids is 1. The van der Waals surface area contributed by atoms with E-state index < -0.39 is 5.60 Å². The molecule has 1 amide bonds. The van der Waals surface area contributed by atoms with Crippen molar-refractivity contribution >= 4 is 6.09 Å². The van der Waals surface area contributed by atoms with Crippen LogP contribution in [0.1, 0.15) is 47.0 Å². The lowest BCUT2D eigenvalue weighted by Gasteiger charge is -2.42. The molecule has 0 N–H and O–H groups in total. The molecule has 1 atom stereocenters. The molecule has 0 aromatic heterocycles. The number of rotatable bonds is 5. The minimum Gasteiger partial charge on any atom is -0.444 e. The Kier molecular flexibility index (Phi) is 6.47. The molecule has 1 fully saturated rings. The van der Waals surface area contributed by atoms with E-state index in [-0.39, 0.29) is 11.7 Å². The molecule has 1 saturated heterocycles. The van der Waals surface area contributed by atoms with E-state index in [1.54, 1.807) is 4.90 Å².